The number of oxazole rings is 1. The fraction of sp³-hybridized carbons (Fsp3) is 0.286. The Balaban J connectivity index is 1.93. The number of aromatic amines is 1. The third kappa shape index (κ3) is 2.09. The van der Waals surface area contributed by atoms with E-state index < -0.39 is 0 Å². The smallest absolute Gasteiger partial charge is 0.256 e. The van der Waals surface area contributed by atoms with Gasteiger partial charge in [-0.3, -0.25) is 0 Å². The maximum absolute atomic E-state index is 5.16. The van der Waals surface area contributed by atoms with Crippen molar-refractivity contribution in [1.29, 1.82) is 0 Å². The predicted molar refractivity (Wildman–Crippen MR) is 47.2 cm³/mol. The van der Waals surface area contributed by atoms with Crippen LogP contribution in [0.25, 0.3) is 0 Å². The second-order valence-corrected chi connectivity index (χ2v) is 3.43. The highest BCUT2D eigenvalue weighted by Gasteiger charge is 2.03. The van der Waals surface area contributed by atoms with Crippen LogP contribution in [0.5, 0.6) is 0 Å². The molecule has 0 bridgehead atoms. The van der Waals surface area contributed by atoms with Crippen molar-refractivity contribution in [2.24, 2.45) is 0 Å². The summed E-state index contributed by atoms with van der Waals surface area (Å²) in [6.45, 7) is 1.89. The van der Waals surface area contributed by atoms with Gasteiger partial charge in [0.25, 0.3) is 5.22 Å². The summed E-state index contributed by atoms with van der Waals surface area (Å²) in [5, 5.41) is 10.8. The van der Waals surface area contributed by atoms with E-state index in [9.17, 15) is 0 Å². The summed E-state index contributed by atoms with van der Waals surface area (Å²) < 4.78 is 5.16. The van der Waals surface area contributed by atoms with Crippen molar-refractivity contribution in [3.63, 3.8) is 0 Å². The van der Waals surface area contributed by atoms with Crippen LogP contribution in [-0.4, -0.2) is 20.4 Å². The monoisotopic (exact) mass is 196 g/mol. The molecule has 6 heteroatoms. The predicted octanol–water partition coefficient (Wildman–Crippen LogP) is 1.39. The Labute approximate surface area is 78.9 Å². The fourth-order valence-electron chi connectivity index (χ4n) is 0.829. The Hall–Kier alpha value is -1.30. The van der Waals surface area contributed by atoms with Gasteiger partial charge in [-0.05, 0) is 6.92 Å². The van der Waals surface area contributed by atoms with Crippen LogP contribution in [0.15, 0.2) is 22.1 Å². The molecule has 0 spiro atoms. The van der Waals surface area contributed by atoms with E-state index in [-0.39, 0.29) is 0 Å². The van der Waals surface area contributed by atoms with E-state index in [0.717, 1.165) is 17.1 Å². The largest absolute Gasteiger partial charge is 0.440 e. The standard InChI is InChI=1S/C7H8N4OS/c1-5-3-12-7(9-5)13-4-6-2-8-11-10-6/h2-3H,4H2,1H3,(H,8,10,11). The molecule has 0 aliphatic rings. The van der Waals surface area contributed by atoms with Crippen LogP contribution in [-0.2, 0) is 5.75 Å². The Morgan fingerprint density at radius 3 is 3.15 bits per heavy atom. The van der Waals surface area contributed by atoms with Gasteiger partial charge in [-0.1, -0.05) is 11.8 Å². The quantitative estimate of drug-likeness (QED) is 0.751. The minimum absolute atomic E-state index is 0.667. The summed E-state index contributed by atoms with van der Waals surface area (Å²) in [5.74, 6) is 0.719. The van der Waals surface area contributed by atoms with E-state index in [1.54, 1.807) is 12.5 Å². The fourth-order valence-corrected chi connectivity index (χ4v) is 1.56. The molecule has 0 aliphatic carbocycles. The molecular weight excluding hydrogens is 188 g/mol. The zero-order chi connectivity index (χ0) is 9.10. The number of hydrogen-bond donors (Lipinski definition) is 1. The topological polar surface area (TPSA) is 67.6 Å². The molecule has 0 atom stereocenters. The second kappa shape index (κ2) is 3.61. The lowest BCUT2D eigenvalue weighted by molar-refractivity contribution is 0.454. The molecule has 1 N–H and O–H groups in total. The molecule has 0 saturated heterocycles. The third-order valence-electron chi connectivity index (χ3n) is 1.41. The summed E-state index contributed by atoms with van der Waals surface area (Å²) in [6, 6.07) is 0. The maximum atomic E-state index is 5.16. The van der Waals surface area contributed by atoms with Gasteiger partial charge < -0.3 is 4.42 Å². The van der Waals surface area contributed by atoms with Crippen LogP contribution in [0.4, 0.5) is 0 Å². The van der Waals surface area contributed by atoms with Crippen molar-refractivity contribution < 1.29 is 4.42 Å². The number of H-pyrrole nitrogens is 1. The van der Waals surface area contributed by atoms with Crippen LogP contribution in [0.3, 0.4) is 0 Å². The van der Waals surface area contributed by atoms with Gasteiger partial charge in [0, 0.05) is 5.75 Å². The first kappa shape index (κ1) is 8.31. The molecule has 0 saturated carbocycles. The molecule has 2 rings (SSSR count). The first-order valence-electron chi connectivity index (χ1n) is 3.74. The molecule has 5 nitrogen and oxygen atoms in total. The van der Waals surface area contributed by atoms with Gasteiger partial charge in [-0.25, -0.2) is 4.98 Å². The zero-order valence-corrected chi connectivity index (χ0v) is 7.84. The number of hydrogen-bond acceptors (Lipinski definition) is 5. The van der Waals surface area contributed by atoms with E-state index in [1.165, 1.54) is 11.8 Å². The molecule has 0 amide bonds. The van der Waals surface area contributed by atoms with E-state index in [1.807, 2.05) is 6.92 Å². The summed E-state index contributed by atoms with van der Waals surface area (Å²) in [6.07, 6.45) is 3.31. The summed E-state index contributed by atoms with van der Waals surface area (Å²) >= 11 is 1.50. The van der Waals surface area contributed by atoms with Gasteiger partial charge in [0.15, 0.2) is 0 Å². The zero-order valence-electron chi connectivity index (χ0n) is 7.02. The van der Waals surface area contributed by atoms with Gasteiger partial charge in [0.05, 0.1) is 17.6 Å². The van der Waals surface area contributed by atoms with E-state index in [4.69, 9.17) is 4.42 Å². The number of aryl methyl sites for hydroxylation is 1. The molecule has 2 aromatic rings. The highest BCUT2D eigenvalue weighted by Crippen LogP contribution is 2.20. The third-order valence-corrected chi connectivity index (χ3v) is 2.28. The number of nitrogens with zero attached hydrogens (tertiary/aromatic N) is 3. The van der Waals surface area contributed by atoms with Gasteiger partial charge in [-0.2, -0.15) is 15.4 Å². The average Bonchev–Trinajstić information content (AvgIpc) is 2.71. The Morgan fingerprint density at radius 1 is 1.62 bits per heavy atom. The first-order chi connectivity index (χ1) is 6.34. The van der Waals surface area contributed by atoms with Gasteiger partial charge in [-0.15, -0.1) is 0 Å². The van der Waals surface area contributed by atoms with Crippen molar-refractivity contribution in [2.75, 3.05) is 0 Å². The van der Waals surface area contributed by atoms with E-state index in [0.29, 0.717) is 5.22 Å². The SMILES string of the molecule is Cc1coc(SCc2cn[nH]n2)n1. The average molecular weight is 196 g/mol. The van der Waals surface area contributed by atoms with Crippen LogP contribution >= 0.6 is 11.8 Å². The van der Waals surface area contributed by atoms with Crippen LogP contribution in [0.1, 0.15) is 11.4 Å². The minimum atomic E-state index is 0.667. The lowest BCUT2D eigenvalue weighted by Gasteiger charge is -1.89. The number of thioether (sulfide) groups is 1. The number of aromatic nitrogens is 4. The van der Waals surface area contributed by atoms with Gasteiger partial charge in [0.2, 0.25) is 0 Å². The highest BCUT2D eigenvalue weighted by molar-refractivity contribution is 7.98. The summed E-state index contributed by atoms with van der Waals surface area (Å²) in [5.41, 5.74) is 1.78. The van der Waals surface area contributed by atoms with Crippen LogP contribution in [0.2, 0.25) is 0 Å². The van der Waals surface area contributed by atoms with Crippen molar-refractivity contribution in [2.45, 2.75) is 17.9 Å². The van der Waals surface area contributed by atoms with E-state index in [2.05, 4.69) is 20.4 Å². The highest BCUT2D eigenvalue weighted by atomic mass is 32.2. The van der Waals surface area contributed by atoms with Gasteiger partial charge in [0.1, 0.15) is 6.26 Å². The molecule has 0 aromatic carbocycles. The van der Waals surface area contributed by atoms with Crippen molar-refractivity contribution in [3.05, 3.63) is 23.8 Å². The maximum Gasteiger partial charge on any atom is 0.256 e. The Bertz CT molecular complexity index is 370. The van der Waals surface area contributed by atoms with Crippen LogP contribution in [0, 0.1) is 6.92 Å². The molecule has 2 heterocycles. The molecule has 13 heavy (non-hydrogen) atoms. The van der Waals surface area contributed by atoms with Crippen molar-refractivity contribution >= 4 is 11.8 Å². The Kier molecular flexibility index (Phi) is 2.31. The molecular formula is C7H8N4OS. The molecule has 0 aliphatic heterocycles. The lowest BCUT2D eigenvalue weighted by atomic mass is 10.6. The van der Waals surface area contributed by atoms with Crippen molar-refractivity contribution in [1.82, 2.24) is 20.4 Å². The number of nitrogens with one attached hydrogen (secondary N) is 1. The minimum Gasteiger partial charge on any atom is -0.440 e. The molecule has 0 fully saturated rings. The lowest BCUT2D eigenvalue weighted by Crippen LogP contribution is -1.80. The Morgan fingerprint density at radius 2 is 2.54 bits per heavy atom. The molecule has 0 radical (unpaired) electrons. The summed E-state index contributed by atoms with van der Waals surface area (Å²) in [4.78, 5) is 4.15. The first-order valence-corrected chi connectivity index (χ1v) is 4.73. The van der Waals surface area contributed by atoms with Crippen LogP contribution < -0.4 is 0 Å². The normalized spacial score (nSPS) is 10.5. The summed E-state index contributed by atoms with van der Waals surface area (Å²) in [7, 11) is 0. The molecule has 2 aromatic heterocycles. The van der Waals surface area contributed by atoms with Crippen molar-refractivity contribution in [3.8, 4) is 0 Å². The molecule has 68 valence electrons. The van der Waals surface area contributed by atoms with E-state index >= 15 is 0 Å². The second-order valence-electron chi connectivity index (χ2n) is 2.50. The van der Waals surface area contributed by atoms with Gasteiger partial charge >= 0.3 is 0 Å². The number of rotatable bonds is 3. The molecule has 0 unspecified atom stereocenters.